The fraction of sp³-hybridized carbons (Fsp3) is 0.240. The van der Waals surface area contributed by atoms with Gasteiger partial charge in [-0.15, -0.1) is 0 Å². The van der Waals surface area contributed by atoms with Crippen molar-refractivity contribution >= 4 is 11.6 Å². The molecule has 154 valence electrons. The zero-order valence-electron chi connectivity index (χ0n) is 16.8. The largest absolute Gasteiger partial charge is 0.489 e. The van der Waals surface area contributed by atoms with Gasteiger partial charge in [-0.1, -0.05) is 36.4 Å². The molecular weight excluding hydrogens is 379 g/mol. The molecule has 30 heavy (non-hydrogen) atoms. The highest BCUT2D eigenvalue weighted by atomic mass is 19.1. The summed E-state index contributed by atoms with van der Waals surface area (Å²) in [6.07, 6.45) is 0.996. The summed E-state index contributed by atoms with van der Waals surface area (Å²) >= 11 is 0. The van der Waals surface area contributed by atoms with E-state index in [0.717, 1.165) is 36.5 Å². The Hall–Kier alpha value is -3.34. The number of benzene rings is 3. The third-order valence-electron chi connectivity index (χ3n) is 5.43. The molecule has 3 aromatic rings. The minimum absolute atomic E-state index is 0.0810. The highest BCUT2D eigenvalue weighted by molar-refractivity contribution is 5.95. The third-order valence-corrected chi connectivity index (χ3v) is 5.43. The Balaban J connectivity index is 1.32. The Labute approximate surface area is 176 Å². The number of rotatable bonds is 7. The van der Waals surface area contributed by atoms with Gasteiger partial charge in [-0.2, -0.15) is 0 Å². The molecule has 1 saturated heterocycles. The highest BCUT2D eigenvalue weighted by Gasteiger charge is 2.23. The number of carbonyl (C=O) groups excluding carboxylic acids is 1. The fourth-order valence-electron chi connectivity index (χ4n) is 3.76. The SMILES string of the molecule is O=C(NC[C@@H]1CCN(c2ccc(F)cc2)C1)c1ccccc1COc1ccccc1. The van der Waals surface area contributed by atoms with Crippen LogP contribution in [0, 0.1) is 11.7 Å². The maximum absolute atomic E-state index is 13.1. The van der Waals surface area contributed by atoms with Crippen molar-refractivity contribution in [2.75, 3.05) is 24.5 Å². The Bertz CT molecular complexity index is 976. The number of halogens is 1. The predicted octanol–water partition coefficient (Wildman–Crippen LogP) is 4.66. The Morgan fingerprint density at radius 2 is 1.73 bits per heavy atom. The maximum Gasteiger partial charge on any atom is 0.251 e. The second-order valence-electron chi connectivity index (χ2n) is 7.55. The van der Waals surface area contributed by atoms with Crippen LogP contribution in [0.1, 0.15) is 22.3 Å². The van der Waals surface area contributed by atoms with Gasteiger partial charge in [-0.3, -0.25) is 4.79 Å². The van der Waals surface area contributed by atoms with Crippen molar-refractivity contribution in [3.63, 3.8) is 0 Å². The van der Waals surface area contributed by atoms with Gasteiger partial charge < -0.3 is 15.0 Å². The zero-order valence-corrected chi connectivity index (χ0v) is 16.8. The van der Waals surface area contributed by atoms with Crippen LogP contribution in [0.2, 0.25) is 0 Å². The van der Waals surface area contributed by atoms with E-state index in [9.17, 15) is 9.18 Å². The average Bonchev–Trinajstić information content (AvgIpc) is 3.26. The lowest BCUT2D eigenvalue weighted by Crippen LogP contribution is -2.31. The van der Waals surface area contributed by atoms with E-state index in [1.54, 1.807) is 12.1 Å². The standard InChI is InChI=1S/C25H25FN2O2/c26-21-10-12-22(13-11-21)28-15-14-19(17-28)16-27-25(29)24-9-5-4-6-20(24)18-30-23-7-2-1-3-8-23/h1-13,19H,14-18H2,(H,27,29)/t19-/m0/s1. The van der Waals surface area contributed by atoms with Crippen LogP contribution in [0.15, 0.2) is 78.9 Å². The van der Waals surface area contributed by atoms with Crippen molar-refractivity contribution in [3.8, 4) is 5.75 Å². The molecule has 1 amide bonds. The van der Waals surface area contributed by atoms with Crippen molar-refractivity contribution in [2.24, 2.45) is 5.92 Å². The molecule has 0 aromatic heterocycles. The van der Waals surface area contributed by atoms with Crippen LogP contribution in [0.5, 0.6) is 5.75 Å². The van der Waals surface area contributed by atoms with Gasteiger partial charge >= 0.3 is 0 Å². The Kier molecular flexibility index (Phi) is 6.28. The summed E-state index contributed by atoms with van der Waals surface area (Å²) in [5, 5.41) is 3.08. The molecule has 1 N–H and O–H groups in total. The number of carbonyl (C=O) groups is 1. The number of ether oxygens (including phenoxy) is 1. The topological polar surface area (TPSA) is 41.6 Å². The lowest BCUT2D eigenvalue weighted by atomic mass is 10.1. The fourth-order valence-corrected chi connectivity index (χ4v) is 3.76. The molecule has 3 aromatic carbocycles. The molecule has 4 rings (SSSR count). The molecule has 0 bridgehead atoms. The van der Waals surface area contributed by atoms with Gasteiger partial charge in [0.25, 0.3) is 5.91 Å². The summed E-state index contributed by atoms with van der Waals surface area (Å²) in [5.41, 5.74) is 2.52. The molecule has 0 spiro atoms. The first-order chi connectivity index (χ1) is 14.7. The summed E-state index contributed by atoms with van der Waals surface area (Å²) in [6.45, 7) is 2.72. The summed E-state index contributed by atoms with van der Waals surface area (Å²) in [6, 6.07) is 23.7. The van der Waals surface area contributed by atoms with Crippen LogP contribution < -0.4 is 15.0 Å². The van der Waals surface area contributed by atoms with E-state index in [0.29, 0.717) is 24.6 Å². The van der Waals surface area contributed by atoms with Gasteiger partial charge in [0.2, 0.25) is 0 Å². The number of nitrogens with one attached hydrogen (secondary N) is 1. The minimum Gasteiger partial charge on any atom is -0.489 e. The number of para-hydroxylation sites is 1. The van der Waals surface area contributed by atoms with E-state index in [-0.39, 0.29) is 11.7 Å². The summed E-state index contributed by atoms with van der Waals surface area (Å²) in [5.74, 6) is 0.838. The highest BCUT2D eigenvalue weighted by Crippen LogP contribution is 2.24. The van der Waals surface area contributed by atoms with E-state index in [2.05, 4.69) is 10.2 Å². The first kappa shape index (κ1) is 20.0. The summed E-state index contributed by atoms with van der Waals surface area (Å²) in [7, 11) is 0. The predicted molar refractivity (Wildman–Crippen MR) is 116 cm³/mol. The number of hydrogen-bond acceptors (Lipinski definition) is 3. The number of hydrogen-bond donors (Lipinski definition) is 1. The van der Waals surface area contributed by atoms with E-state index in [1.165, 1.54) is 12.1 Å². The van der Waals surface area contributed by atoms with Crippen LogP contribution in [0.25, 0.3) is 0 Å². The molecule has 1 aliphatic rings. The van der Waals surface area contributed by atoms with Gasteiger partial charge in [0.05, 0.1) is 0 Å². The van der Waals surface area contributed by atoms with Crippen molar-refractivity contribution in [1.29, 1.82) is 0 Å². The van der Waals surface area contributed by atoms with Crippen LogP contribution in [-0.2, 0) is 6.61 Å². The van der Waals surface area contributed by atoms with Crippen molar-refractivity contribution in [3.05, 3.63) is 95.8 Å². The number of anilines is 1. The van der Waals surface area contributed by atoms with Crippen LogP contribution in [0.4, 0.5) is 10.1 Å². The summed E-state index contributed by atoms with van der Waals surface area (Å²) < 4.78 is 18.9. The van der Waals surface area contributed by atoms with Gasteiger partial charge in [-0.25, -0.2) is 4.39 Å². The second kappa shape index (κ2) is 9.44. The maximum atomic E-state index is 13.1. The Morgan fingerprint density at radius 1 is 1.00 bits per heavy atom. The van der Waals surface area contributed by atoms with Crippen molar-refractivity contribution in [2.45, 2.75) is 13.0 Å². The summed E-state index contributed by atoms with van der Waals surface area (Å²) in [4.78, 5) is 15.0. The molecule has 0 saturated carbocycles. The van der Waals surface area contributed by atoms with E-state index in [1.807, 2.05) is 54.6 Å². The normalized spacial score (nSPS) is 15.8. The van der Waals surface area contributed by atoms with Gasteiger partial charge in [-0.05, 0) is 54.8 Å². The van der Waals surface area contributed by atoms with Crippen molar-refractivity contribution in [1.82, 2.24) is 5.32 Å². The molecule has 5 heteroatoms. The molecule has 1 aliphatic heterocycles. The lowest BCUT2D eigenvalue weighted by molar-refractivity contribution is 0.0945. The van der Waals surface area contributed by atoms with E-state index < -0.39 is 0 Å². The lowest BCUT2D eigenvalue weighted by Gasteiger charge is -2.19. The molecule has 1 heterocycles. The van der Waals surface area contributed by atoms with Crippen LogP contribution >= 0.6 is 0 Å². The molecule has 0 unspecified atom stereocenters. The van der Waals surface area contributed by atoms with Crippen molar-refractivity contribution < 1.29 is 13.9 Å². The van der Waals surface area contributed by atoms with Crippen LogP contribution in [-0.4, -0.2) is 25.5 Å². The van der Waals surface area contributed by atoms with E-state index >= 15 is 0 Å². The molecule has 1 fully saturated rings. The minimum atomic E-state index is -0.225. The number of amides is 1. The Morgan fingerprint density at radius 3 is 2.53 bits per heavy atom. The molecule has 1 atom stereocenters. The quantitative estimate of drug-likeness (QED) is 0.623. The van der Waals surface area contributed by atoms with Gasteiger partial charge in [0.15, 0.2) is 0 Å². The monoisotopic (exact) mass is 404 g/mol. The first-order valence-electron chi connectivity index (χ1n) is 10.2. The zero-order chi connectivity index (χ0) is 20.8. The van der Waals surface area contributed by atoms with Gasteiger partial charge in [0, 0.05) is 36.4 Å². The third kappa shape index (κ3) is 4.98. The molecule has 0 radical (unpaired) electrons. The molecular formula is C25H25FN2O2. The average molecular weight is 404 g/mol. The smallest absolute Gasteiger partial charge is 0.251 e. The van der Waals surface area contributed by atoms with Crippen LogP contribution in [0.3, 0.4) is 0 Å². The van der Waals surface area contributed by atoms with Gasteiger partial charge in [0.1, 0.15) is 18.2 Å². The van der Waals surface area contributed by atoms with E-state index in [4.69, 9.17) is 4.74 Å². The number of nitrogens with zero attached hydrogens (tertiary/aromatic N) is 1. The molecule has 0 aliphatic carbocycles. The second-order valence-corrected chi connectivity index (χ2v) is 7.55. The first-order valence-corrected chi connectivity index (χ1v) is 10.2. The molecule has 4 nitrogen and oxygen atoms in total.